The van der Waals surface area contributed by atoms with E-state index < -0.39 is 0 Å². The van der Waals surface area contributed by atoms with E-state index in [4.69, 9.17) is 10.00 Å². The molecule has 1 heterocycles. The fourth-order valence-corrected chi connectivity index (χ4v) is 2.38. The number of hydrogen-bond donors (Lipinski definition) is 1. The number of nitriles is 1. The third-order valence-electron chi connectivity index (χ3n) is 2.56. The minimum absolute atomic E-state index is 0.0136. The maximum Gasteiger partial charge on any atom is 0.246 e. The van der Waals surface area contributed by atoms with Crippen molar-refractivity contribution in [2.75, 3.05) is 6.61 Å². The molecule has 1 N–H and O–H groups in total. The summed E-state index contributed by atoms with van der Waals surface area (Å²) in [7, 11) is 0. The van der Waals surface area contributed by atoms with Gasteiger partial charge in [0.25, 0.3) is 0 Å². The molecular weight excluding hydrogens is 300 g/mol. The summed E-state index contributed by atoms with van der Waals surface area (Å²) >= 11 is 1.46. The van der Waals surface area contributed by atoms with Crippen molar-refractivity contribution in [3.8, 4) is 11.8 Å². The SMILES string of the molecule is Cc1csc(CC(=O)N/N=C\c2ccc(OCC#N)cc2)n1. The van der Waals surface area contributed by atoms with Gasteiger partial charge in [0.15, 0.2) is 6.61 Å². The molecule has 1 aromatic carbocycles. The second-order valence-corrected chi connectivity index (χ2v) is 5.31. The highest BCUT2D eigenvalue weighted by Crippen LogP contribution is 2.11. The maximum absolute atomic E-state index is 11.7. The van der Waals surface area contributed by atoms with E-state index in [1.807, 2.05) is 18.4 Å². The van der Waals surface area contributed by atoms with Crippen molar-refractivity contribution in [3.05, 3.63) is 45.9 Å². The molecule has 112 valence electrons. The summed E-state index contributed by atoms with van der Waals surface area (Å²) in [5.74, 6) is 0.404. The van der Waals surface area contributed by atoms with Crippen LogP contribution < -0.4 is 10.2 Å². The molecule has 0 aliphatic rings. The Labute approximate surface area is 132 Å². The van der Waals surface area contributed by atoms with Crippen LogP contribution in [0.2, 0.25) is 0 Å². The Morgan fingerprint density at radius 1 is 1.50 bits per heavy atom. The number of rotatable bonds is 6. The van der Waals surface area contributed by atoms with Crippen molar-refractivity contribution >= 4 is 23.5 Å². The molecule has 2 rings (SSSR count). The fourth-order valence-electron chi connectivity index (χ4n) is 1.61. The Bertz CT molecular complexity index is 701. The number of thiazole rings is 1. The monoisotopic (exact) mass is 314 g/mol. The number of benzene rings is 1. The van der Waals surface area contributed by atoms with Gasteiger partial charge in [-0.15, -0.1) is 11.3 Å². The number of nitrogens with one attached hydrogen (secondary N) is 1. The van der Waals surface area contributed by atoms with Crippen molar-refractivity contribution in [1.29, 1.82) is 5.26 Å². The van der Waals surface area contributed by atoms with Gasteiger partial charge in [-0.05, 0) is 36.8 Å². The lowest BCUT2D eigenvalue weighted by atomic mass is 10.2. The van der Waals surface area contributed by atoms with Gasteiger partial charge in [0.1, 0.15) is 16.8 Å². The van der Waals surface area contributed by atoms with Crippen LogP contribution in [0.25, 0.3) is 0 Å². The number of aryl methyl sites for hydroxylation is 1. The number of nitrogens with zero attached hydrogens (tertiary/aromatic N) is 3. The Kier molecular flexibility index (Phi) is 5.63. The van der Waals surface area contributed by atoms with Crippen molar-refractivity contribution in [1.82, 2.24) is 10.4 Å². The van der Waals surface area contributed by atoms with E-state index in [2.05, 4.69) is 15.5 Å². The van der Waals surface area contributed by atoms with Gasteiger partial charge in [-0.25, -0.2) is 10.4 Å². The lowest BCUT2D eigenvalue weighted by Gasteiger charge is -2.01. The van der Waals surface area contributed by atoms with Crippen molar-refractivity contribution < 1.29 is 9.53 Å². The Morgan fingerprint density at radius 3 is 2.91 bits per heavy atom. The molecule has 0 spiro atoms. The molecule has 0 saturated heterocycles. The predicted molar refractivity (Wildman–Crippen MR) is 83.8 cm³/mol. The molecule has 6 nitrogen and oxygen atoms in total. The number of ether oxygens (including phenoxy) is 1. The number of carbonyl (C=O) groups is 1. The van der Waals surface area contributed by atoms with Crippen molar-refractivity contribution in [3.63, 3.8) is 0 Å². The average Bonchev–Trinajstić information content (AvgIpc) is 2.91. The first-order valence-corrected chi connectivity index (χ1v) is 7.38. The zero-order valence-electron chi connectivity index (χ0n) is 11.9. The molecule has 1 aromatic heterocycles. The summed E-state index contributed by atoms with van der Waals surface area (Å²) in [6, 6.07) is 8.94. The van der Waals surface area contributed by atoms with Crippen LogP contribution in [0.3, 0.4) is 0 Å². The molecule has 0 unspecified atom stereocenters. The number of amides is 1. The molecule has 0 saturated carbocycles. The minimum atomic E-state index is -0.209. The summed E-state index contributed by atoms with van der Waals surface area (Å²) in [6.07, 6.45) is 1.76. The zero-order chi connectivity index (χ0) is 15.8. The molecule has 22 heavy (non-hydrogen) atoms. The first kappa shape index (κ1) is 15.7. The molecule has 0 fully saturated rings. The molecule has 0 radical (unpaired) electrons. The lowest BCUT2D eigenvalue weighted by molar-refractivity contribution is -0.120. The molecule has 0 aliphatic heterocycles. The fraction of sp³-hybridized carbons (Fsp3) is 0.200. The van der Waals surface area contributed by atoms with Gasteiger partial charge in [0.05, 0.1) is 12.6 Å². The van der Waals surface area contributed by atoms with Gasteiger partial charge >= 0.3 is 0 Å². The molecular formula is C15H14N4O2S. The maximum atomic E-state index is 11.7. The van der Waals surface area contributed by atoms with Gasteiger partial charge in [-0.3, -0.25) is 4.79 Å². The highest BCUT2D eigenvalue weighted by Gasteiger charge is 2.05. The van der Waals surface area contributed by atoms with Crippen molar-refractivity contribution in [2.24, 2.45) is 5.10 Å². The number of carbonyl (C=O) groups excluding carboxylic acids is 1. The summed E-state index contributed by atoms with van der Waals surface area (Å²) in [5.41, 5.74) is 4.19. The van der Waals surface area contributed by atoms with Crippen LogP contribution in [-0.4, -0.2) is 23.7 Å². The third kappa shape index (κ3) is 5.00. The Morgan fingerprint density at radius 2 is 2.27 bits per heavy atom. The van der Waals surface area contributed by atoms with Gasteiger partial charge < -0.3 is 4.74 Å². The molecule has 7 heteroatoms. The number of aromatic nitrogens is 1. The van der Waals surface area contributed by atoms with Crippen LogP contribution in [0.5, 0.6) is 5.75 Å². The Hall–Kier alpha value is -2.72. The van der Waals surface area contributed by atoms with Crippen LogP contribution in [0, 0.1) is 18.3 Å². The normalized spacial score (nSPS) is 10.4. The molecule has 0 aliphatic carbocycles. The minimum Gasteiger partial charge on any atom is -0.479 e. The van der Waals surface area contributed by atoms with Gasteiger partial charge in [0, 0.05) is 11.1 Å². The van der Waals surface area contributed by atoms with Crippen LogP contribution >= 0.6 is 11.3 Å². The van der Waals surface area contributed by atoms with Crippen LogP contribution in [0.4, 0.5) is 0 Å². The van der Waals surface area contributed by atoms with E-state index in [-0.39, 0.29) is 18.9 Å². The summed E-state index contributed by atoms with van der Waals surface area (Å²) in [5, 5.41) is 15.0. The van der Waals surface area contributed by atoms with E-state index in [1.54, 1.807) is 30.5 Å². The van der Waals surface area contributed by atoms with Crippen LogP contribution in [0.1, 0.15) is 16.3 Å². The summed E-state index contributed by atoms with van der Waals surface area (Å²) in [6.45, 7) is 1.90. The molecule has 0 atom stereocenters. The summed E-state index contributed by atoms with van der Waals surface area (Å²) < 4.78 is 5.14. The zero-order valence-corrected chi connectivity index (χ0v) is 12.8. The molecule has 2 aromatic rings. The smallest absolute Gasteiger partial charge is 0.246 e. The third-order valence-corrected chi connectivity index (χ3v) is 3.53. The van der Waals surface area contributed by atoms with E-state index in [1.165, 1.54) is 11.3 Å². The topological polar surface area (TPSA) is 87.4 Å². The number of hydrazone groups is 1. The lowest BCUT2D eigenvalue weighted by Crippen LogP contribution is -2.19. The van der Waals surface area contributed by atoms with Crippen LogP contribution in [-0.2, 0) is 11.2 Å². The predicted octanol–water partition coefficient (Wildman–Crippen LogP) is 2.05. The Balaban J connectivity index is 1.81. The van der Waals surface area contributed by atoms with Crippen molar-refractivity contribution in [2.45, 2.75) is 13.3 Å². The second kappa shape index (κ2) is 7.90. The van der Waals surface area contributed by atoms with Gasteiger partial charge in [0.2, 0.25) is 5.91 Å². The van der Waals surface area contributed by atoms with Gasteiger partial charge in [-0.1, -0.05) is 0 Å². The highest BCUT2D eigenvalue weighted by atomic mass is 32.1. The standard InChI is InChI=1S/C15H14N4O2S/c1-11-10-22-15(18-11)8-14(20)19-17-9-12-2-4-13(5-3-12)21-7-6-16/h2-5,9-10H,7-8H2,1H3,(H,19,20)/b17-9-. The largest absolute Gasteiger partial charge is 0.479 e. The quantitative estimate of drug-likeness (QED) is 0.653. The van der Waals surface area contributed by atoms with E-state index in [0.717, 1.165) is 16.3 Å². The first-order chi connectivity index (χ1) is 10.7. The summed E-state index contributed by atoms with van der Waals surface area (Å²) in [4.78, 5) is 15.9. The molecule has 0 bridgehead atoms. The van der Waals surface area contributed by atoms with E-state index >= 15 is 0 Å². The second-order valence-electron chi connectivity index (χ2n) is 4.37. The van der Waals surface area contributed by atoms with E-state index in [0.29, 0.717) is 5.75 Å². The highest BCUT2D eigenvalue weighted by molar-refractivity contribution is 7.09. The molecule has 1 amide bonds. The first-order valence-electron chi connectivity index (χ1n) is 6.50. The van der Waals surface area contributed by atoms with Gasteiger partial charge in [-0.2, -0.15) is 10.4 Å². The van der Waals surface area contributed by atoms with Crippen LogP contribution in [0.15, 0.2) is 34.7 Å². The van der Waals surface area contributed by atoms with E-state index in [9.17, 15) is 4.79 Å². The number of hydrogen-bond acceptors (Lipinski definition) is 6. The average molecular weight is 314 g/mol.